The van der Waals surface area contributed by atoms with Gasteiger partial charge in [-0.15, -0.1) is 0 Å². The molecule has 0 bridgehead atoms. The van der Waals surface area contributed by atoms with Crippen LogP contribution in [0.4, 0.5) is 5.82 Å². The van der Waals surface area contributed by atoms with E-state index in [2.05, 4.69) is 9.88 Å². The van der Waals surface area contributed by atoms with E-state index in [1.165, 1.54) is 0 Å². The maximum absolute atomic E-state index is 5.63. The maximum Gasteiger partial charge on any atom is 0.129 e. The molecular formula is C14H25N3O2. The number of rotatable bonds is 10. The Balaban J connectivity index is 2.63. The number of ether oxygens (including phenoxy) is 2. The van der Waals surface area contributed by atoms with Crippen molar-refractivity contribution in [1.29, 1.82) is 0 Å². The van der Waals surface area contributed by atoms with E-state index < -0.39 is 0 Å². The zero-order chi connectivity index (χ0) is 13.9. The van der Waals surface area contributed by atoms with E-state index in [4.69, 9.17) is 15.2 Å². The molecule has 0 unspecified atom stereocenters. The lowest BCUT2D eigenvalue weighted by molar-refractivity contribution is 0.141. The number of pyridine rings is 1. The van der Waals surface area contributed by atoms with Crippen LogP contribution in [0, 0.1) is 0 Å². The number of hydrogen-bond acceptors (Lipinski definition) is 5. The van der Waals surface area contributed by atoms with Crippen molar-refractivity contribution >= 4 is 5.82 Å². The van der Waals surface area contributed by atoms with Gasteiger partial charge in [0.25, 0.3) is 0 Å². The molecule has 0 aliphatic carbocycles. The first kappa shape index (κ1) is 15.9. The normalized spacial score (nSPS) is 10.7. The van der Waals surface area contributed by atoms with E-state index in [1.807, 2.05) is 32.0 Å². The Bertz CT molecular complexity index is 337. The molecule has 19 heavy (non-hydrogen) atoms. The lowest BCUT2D eigenvalue weighted by atomic mass is 10.3. The second-order valence-corrected chi connectivity index (χ2v) is 4.07. The minimum Gasteiger partial charge on any atom is -0.380 e. The van der Waals surface area contributed by atoms with Crippen molar-refractivity contribution in [3.8, 4) is 0 Å². The number of aromatic nitrogens is 1. The minimum absolute atomic E-state index is 0.457. The van der Waals surface area contributed by atoms with Crippen LogP contribution in [0.25, 0.3) is 0 Å². The smallest absolute Gasteiger partial charge is 0.129 e. The summed E-state index contributed by atoms with van der Waals surface area (Å²) in [5.74, 6) is 0.933. The molecule has 5 nitrogen and oxygen atoms in total. The molecule has 0 saturated carbocycles. The first-order chi connectivity index (χ1) is 9.31. The number of anilines is 1. The number of nitrogens with zero attached hydrogens (tertiary/aromatic N) is 2. The Kier molecular flexibility index (Phi) is 8.13. The molecule has 5 heteroatoms. The van der Waals surface area contributed by atoms with Gasteiger partial charge < -0.3 is 20.1 Å². The van der Waals surface area contributed by atoms with Gasteiger partial charge in [0.15, 0.2) is 0 Å². The second-order valence-electron chi connectivity index (χ2n) is 4.07. The predicted octanol–water partition coefficient (Wildman–Crippen LogP) is 1.42. The van der Waals surface area contributed by atoms with Gasteiger partial charge in [-0.05, 0) is 26.0 Å². The first-order valence-electron chi connectivity index (χ1n) is 6.88. The molecule has 0 fully saturated rings. The Morgan fingerprint density at radius 2 is 1.74 bits per heavy atom. The SMILES string of the molecule is CCOCCN(CCOCC)c1cccc(CN)n1. The molecule has 0 radical (unpaired) electrons. The molecule has 0 spiro atoms. The van der Waals surface area contributed by atoms with Crippen molar-refractivity contribution in [3.05, 3.63) is 23.9 Å². The van der Waals surface area contributed by atoms with Gasteiger partial charge in [-0.1, -0.05) is 6.07 Å². The highest BCUT2D eigenvalue weighted by Crippen LogP contribution is 2.11. The van der Waals surface area contributed by atoms with E-state index in [-0.39, 0.29) is 0 Å². The van der Waals surface area contributed by atoms with Gasteiger partial charge in [0.2, 0.25) is 0 Å². The average Bonchev–Trinajstić information content (AvgIpc) is 2.46. The van der Waals surface area contributed by atoms with Gasteiger partial charge in [-0.25, -0.2) is 4.98 Å². The van der Waals surface area contributed by atoms with Crippen molar-refractivity contribution < 1.29 is 9.47 Å². The fourth-order valence-corrected chi connectivity index (χ4v) is 1.74. The standard InChI is InChI=1S/C14H25N3O2/c1-3-18-10-8-17(9-11-19-4-2)14-7-5-6-13(12-15)16-14/h5-7H,3-4,8-12,15H2,1-2H3. The topological polar surface area (TPSA) is 60.6 Å². The summed E-state index contributed by atoms with van der Waals surface area (Å²) in [6, 6.07) is 5.92. The van der Waals surface area contributed by atoms with Crippen LogP contribution in [0.1, 0.15) is 19.5 Å². The van der Waals surface area contributed by atoms with Gasteiger partial charge in [0.1, 0.15) is 5.82 Å². The molecule has 1 heterocycles. The van der Waals surface area contributed by atoms with Gasteiger partial charge in [0.05, 0.1) is 18.9 Å². The fourth-order valence-electron chi connectivity index (χ4n) is 1.74. The molecule has 0 aliphatic rings. The van der Waals surface area contributed by atoms with Crippen molar-refractivity contribution in [2.45, 2.75) is 20.4 Å². The lowest BCUT2D eigenvalue weighted by Crippen LogP contribution is -2.32. The third kappa shape index (κ3) is 6.00. The molecule has 1 aromatic rings. The number of nitrogens with two attached hydrogens (primary N) is 1. The van der Waals surface area contributed by atoms with Crippen LogP contribution in [0.15, 0.2) is 18.2 Å². The van der Waals surface area contributed by atoms with Crippen LogP contribution in [0.5, 0.6) is 0 Å². The second kappa shape index (κ2) is 9.72. The van der Waals surface area contributed by atoms with Crippen LogP contribution in [-0.2, 0) is 16.0 Å². The highest BCUT2D eigenvalue weighted by atomic mass is 16.5. The van der Waals surface area contributed by atoms with Crippen molar-refractivity contribution in [1.82, 2.24) is 4.98 Å². The minimum atomic E-state index is 0.457. The summed E-state index contributed by atoms with van der Waals surface area (Å²) in [5, 5.41) is 0. The summed E-state index contributed by atoms with van der Waals surface area (Å²) < 4.78 is 10.8. The van der Waals surface area contributed by atoms with Gasteiger partial charge in [-0.3, -0.25) is 0 Å². The molecule has 0 amide bonds. The summed E-state index contributed by atoms with van der Waals surface area (Å²) in [6.45, 7) is 8.91. The molecular weight excluding hydrogens is 242 g/mol. The van der Waals surface area contributed by atoms with E-state index >= 15 is 0 Å². The predicted molar refractivity (Wildman–Crippen MR) is 77.3 cm³/mol. The van der Waals surface area contributed by atoms with E-state index in [0.29, 0.717) is 19.8 Å². The van der Waals surface area contributed by atoms with Crippen LogP contribution < -0.4 is 10.6 Å². The summed E-state index contributed by atoms with van der Waals surface area (Å²) in [4.78, 5) is 6.71. The summed E-state index contributed by atoms with van der Waals surface area (Å²) in [5.41, 5.74) is 6.53. The van der Waals surface area contributed by atoms with Gasteiger partial charge in [0, 0.05) is 32.8 Å². The largest absolute Gasteiger partial charge is 0.380 e. The van der Waals surface area contributed by atoms with Gasteiger partial charge >= 0.3 is 0 Å². The highest BCUT2D eigenvalue weighted by Gasteiger charge is 2.08. The first-order valence-corrected chi connectivity index (χ1v) is 6.88. The van der Waals surface area contributed by atoms with Crippen LogP contribution in [0.2, 0.25) is 0 Å². The van der Waals surface area contributed by atoms with Gasteiger partial charge in [-0.2, -0.15) is 0 Å². The van der Waals surface area contributed by atoms with Crippen LogP contribution in [-0.4, -0.2) is 44.5 Å². The monoisotopic (exact) mass is 267 g/mol. The molecule has 2 N–H and O–H groups in total. The Morgan fingerprint density at radius 3 is 2.26 bits per heavy atom. The van der Waals surface area contributed by atoms with Crippen LogP contribution in [0.3, 0.4) is 0 Å². The fraction of sp³-hybridized carbons (Fsp3) is 0.643. The maximum atomic E-state index is 5.63. The molecule has 1 aromatic heterocycles. The van der Waals surface area contributed by atoms with E-state index in [1.54, 1.807) is 0 Å². The summed E-state index contributed by atoms with van der Waals surface area (Å²) in [7, 11) is 0. The van der Waals surface area contributed by atoms with E-state index in [0.717, 1.165) is 37.8 Å². The van der Waals surface area contributed by atoms with E-state index in [9.17, 15) is 0 Å². The third-order valence-corrected chi connectivity index (χ3v) is 2.74. The lowest BCUT2D eigenvalue weighted by Gasteiger charge is -2.24. The quantitative estimate of drug-likeness (QED) is 0.650. The Morgan fingerprint density at radius 1 is 1.11 bits per heavy atom. The Hall–Kier alpha value is -1.17. The van der Waals surface area contributed by atoms with Crippen LogP contribution >= 0.6 is 0 Å². The molecule has 0 atom stereocenters. The zero-order valence-electron chi connectivity index (χ0n) is 12.0. The van der Waals surface area contributed by atoms with Crippen molar-refractivity contribution in [3.63, 3.8) is 0 Å². The van der Waals surface area contributed by atoms with Crippen molar-refractivity contribution in [2.75, 3.05) is 44.4 Å². The zero-order valence-corrected chi connectivity index (χ0v) is 12.0. The summed E-state index contributed by atoms with van der Waals surface area (Å²) >= 11 is 0. The Labute approximate surface area is 115 Å². The molecule has 0 aromatic carbocycles. The molecule has 0 aliphatic heterocycles. The molecule has 108 valence electrons. The highest BCUT2D eigenvalue weighted by molar-refractivity contribution is 5.39. The van der Waals surface area contributed by atoms with Crippen molar-refractivity contribution in [2.24, 2.45) is 5.73 Å². The molecule has 0 saturated heterocycles. The number of hydrogen-bond donors (Lipinski definition) is 1. The third-order valence-electron chi connectivity index (χ3n) is 2.74. The average molecular weight is 267 g/mol. The summed E-state index contributed by atoms with van der Waals surface area (Å²) in [6.07, 6.45) is 0. The molecule has 1 rings (SSSR count).